The first-order chi connectivity index (χ1) is 14.4. The predicted molar refractivity (Wildman–Crippen MR) is 118 cm³/mol. The van der Waals surface area contributed by atoms with Gasteiger partial charge in [-0.2, -0.15) is 0 Å². The van der Waals surface area contributed by atoms with Crippen LogP contribution < -0.4 is 19.1 Å². The van der Waals surface area contributed by atoms with Crippen molar-refractivity contribution < 1.29 is 19.1 Å². The number of hydrogen-bond acceptors (Lipinski definition) is 2. The fourth-order valence-corrected chi connectivity index (χ4v) is 3.04. The van der Waals surface area contributed by atoms with E-state index in [-0.39, 0.29) is 7.43 Å². The van der Waals surface area contributed by atoms with Crippen LogP contribution in [0.1, 0.15) is 13.8 Å². The molecule has 0 atom stereocenters. The van der Waals surface area contributed by atoms with E-state index in [9.17, 15) is 0 Å². The van der Waals surface area contributed by atoms with E-state index in [4.69, 9.17) is 9.68 Å². The van der Waals surface area contributed by atoms with Crippen LogP contribution in [0.2, 0.25) is 0 Å². The minimum absolute atomic E-state index is 0. The van der Waals surface area contributed by atoms with Gasteiger partial charge in [0.15, 0.2) is 13.2 Å². The third-order valence-corrected chi connectivity index (χ3v) is 4.59. The van der Waals surface area contributed by atoms with Crippen molar-refractivity contribution in [3.05, 3.63) is 110 Å². The second-order valence-corrected chi connectivity index (χ2v) is 6.65. The summed E-state index contributed by atoms with van der Waals surface area (Å²) < 4.78 is 3.46. The van der Waals surface area contributed by atoms with Gasteiger partial charge >= 0.3 is 0 Å². The maximum absolute atomic E-state index is 5.74. The van der Waals surface area contributed by atoms with Crippen molar-refractivity contribution in [1.82, 2.24) is 0 Å². The third-order valence-electron chi connectivity index (χ3n) is 4.59. The number of rotatable bonds is 8. The first-order valence-corrected chi connectivity index (χ1v) is 9.78. The molecule has 30 heavy (non-hydrogen) atoms. The van der Waals surface area contributed by atoms with Crippen LogP contribution in [0, 0.1) is 0 Å². The first kappa shape index (κ1) is 21.1. The van der Waals surface area contributed by atoms with Gasteiger partial charge in [-0.05, 0) is 22.3 Å². The highest BCUT2D eigenvalue weighted by atomic mass is 16.7. The largest absolute Gasteiger partial charge is 0.271 e. The maximum Gasteiger partial charge on any atom is 0.223 e. The molecule has 0 amide bonds. The van der Waals surface area contributed by atoms with Gasteiger partial charge in [0, 0.05) is 40.1 Å². The van der Waals surface area contributed by atoms with E-state index in [0.29, 0.717) is 13.2 Å². The lowest BCUT2D eigenvalue weighted by molar-refractivity contribution is -0.897. The SMILES string of the molecule is C.c1ccc(-c2cc[n+](OCCCO[n+]3ccc(-c4ccccc4)cc3)cc2)cc1. The van der Waals surface area contributed by atoms with Crippen molar-refractivity contribution >= 4 is 0 Å². The van der Waals surface area contributed by atoms with Crippen LogP contribution in [0.25, 0.3) is 22.3 Å². The van der Waals surface area contributed by atoms with Crippen LogP contribution in [0.3, 0.4) is 0 Å². The minimum atomic E-state index is 0. The van der Waals surface area contributed by atoms with E-state index in [0.717, 1.165) is 6.42 Å². The molecule has 0 aliphatic rings. The molecular weight excluding hydrogens is 372 g/mol. The quantitative estimate of drug-likeness (QED) is 0.328. The lowest BCUT2D eigenvalue weighted by Gasteiger charge is -2.02. The summed E-state index contributed by atoms with van der Waals surface area (Å²) in [5.41, 5.74) is 4.74. The molecular formula is C26H28N2O2+2. The summed E-state index contributed by atoms with van der Waals surface area (Å²) in [5, 5.41) is 0. The van der Waals surface area contributed by atoms with Crippen LogP contribution >= 0.6 is 0 Å². The minimum Gasteiger partial charge on any atom is -0.271 e. The Balaban J connectivity index is 0.00000256. The van der Waals surface area contributed by atoms with Gasteiger partial charge in [0.1, 0.15) is 0 Å². The van der Waals surface area contributed by atoms with Crippen molar-refractivity contribution in [2.75, 3.05) is 13.2 Å². The topological polar surface area (TPSA) is 26.2 Å². The average Bonchev–Trinajstić information content (AvgIpc) is 2.81. The molecule has 2 aromatic heterocycles. The normalized spacial score (nSPS) is 10.1. The Morgan fingerprint density at radius 3 is 1.17 bits per heavy atom. The van der Waals surface area contributed by atoms with Crippen molar-refractivity contribution in [3.8, 4) is 22.3 Å². The molecule has 0 fully saturated rings. The molecule has 0 bridgehead atoms. The molecule has 4 heteroatoms. The molecule has 4 nitrogen and oxygen atoms in total. The lowest BCUT2D eigenvalue weighted by Crippen LogP contribution is -2.45. The molecule has 2 heterocycles. The van der Waals surface area contributed by atoms with E-state index >= 15 is 0 Å². The van der Waals surface area contributed by atoms with Gasteiger partial charge in [-0.3, -0.25) is 9.68 Å². The Bertz CT molecular complexity index is 917. The van der Waals surface area contributed by atoms with Crippen molar-refractivity contribution in [2.45, 2.75) is 13.8 Å². The van der Waals surface area contributed by atoms with Crippen LogP contribution in [0.4, 0.5) is 0 Å². The van der Waals surface area contributed by atoms with Gasteiger partial charge in [0.05, 0.1) is 0 Å². The van der Waals surface area contributed by atoms with Crippen molar-refractivity contribution in [1.29, 1.82) is 0 Å². The molecule has 0 saturated carbocycles. The van der Waals surface area contributed by atoms with E-state index in [1.807, 2.05) is 61.2 Å². The Morgan fingerprint density at radius 1 is 0.467 bits per heavy atom. The number of nitrogens with zero attached hydrogens (tertiary/aromatic N) is 2. The zero-order valence-electron chi connectivity index (χ0n) is 16.2. The molecule has 2 aromatic carbocycles. The van der Waals surface area contributed by atoms with Gasteiger partial charge in [0.25, 0.3) is 0 Å². The van der Waals surface area contributed by atoms with Crippen LogP contribution in [-0.2, 0) is 0 Å². The van der Waals surface area contributed by atoms with E-state index < -0.39 is 0 Å². The Kier molecular flexibility index (Phi) is 7.56. The summed E-state index contributed by atoms with van der Waals surface area (Å²) >= 11 is 0. The average molecular weight is 401 g/mol. The van der Waals surface area contributed by atoms with Gasteiger partial charge in [-0.15, -0.1) is 0 Å². The monoisotopic (exact) mass is 400 g/mol. The summed E-state index contributed by atoms with van der Waals surface area (Å²) in [6.45, 7) is 1.16. The van der Waals surface area contributed by atoms with E-state index in [1.54, 1.807) is 9.46 Å². The van der Waals surface area contributed by atoms with Crippen LogP contribution in [0.5, 0.6) is 0 Å². The molecule has 0 aliphatic carbocycles. The highest BCUT2D eigenvalue weighted by Crippen LogP contribution is 2.17. The summed E-state index contributed by atoms with van der Waals surface area (Å²) in [5.74, 6) is 0. The standard InChI is InChI=1S/C25H24N2O2.CH4/c1-3-8-22(9-4-1)24-12-16-26(17-13-24)28-20-7-21-29-27-18-14-25(15-19-27)23-10-5-2-6-11-23;/h1-6,8-19H,7,20-21H2;1H4/q+2;. The molecule has 0 unspecified atom stereocenters. The zero-order chi connectivity index (χ0) is 19.7. The van der Waals surface area contributed by atoms with Gasteiger partial charge in [0.2, 0.25) is 24.8 Å². The summed E-state index contributed by atoms with van der Waals surface area (Å²) in [4.78, 5) is 11.5. The Hall–Kier alpha value is -3.66. The second kappa shape index (κ2) is 10.8. The number of hydrogen-bond donors (Lipinski definition) is 0. The second-order valence-electron chi connectivity index (χ2n) is 6.65. The van der Waals surface area contributed by atoms with Gasteiger partial charge < -0.3 is 0 Å². The molecule has 0 spiro atoms. The van der Waals surface area contributed by atoms with Gasteiger partial charge in [-0.25, -0.2) is 0 Å². The smallest absolute Gasteiger partial charge is 0.223 e. The summed E-state index contributed by atoms with van der Waals surface area (Å²) in [6, 6.07) is 28.8. The fraction of sp³-hybridized carbons (Fsp3) is 0.154. The fourth-order valence-electron chi connectivity index (χ4n) is 3.04. The number of aromatic nitrogens is 2. The molecule has 0 radical (unpaired) electrons. The highest BCUT2D eigenvalue weighted by Gasteiger charge is 2.06. The number of benzene rings is 2. The molecule has 0 saturated heterocycles. The molecule has 0 N–H and O–H groups in total. The maximum atomic E-state index is 5.74. The Labute approximate surface area is 178 Å². The van der Waals surface area contributed by atoms with Gasteiger partial charge in [-0.1, -0.05) is 68.1 Å². The number of pyridine rings is 2. The van der Waals surface area contributed by atoms with Crippen LogP contribution in [-0.4, -0.2) is 13.2 Å². The first-order valence-electron chi connectivity index (χ1n) is 9.78. The summed E-state index contributed by atoms with van der Waals surface area (Å²) in [7, 11) is 0. The summed E-state index contributed by atoms with van der Waals surface area (Å²) in [6.07, 6.45) is 8.52. The van der Waals surface area contributed by atoms with Crippen molar-refractivity contribution in [2.24, 2.45) is 0 Å². The third kappa shape index (κ3) is 5.67. The van der Waals surface area contributed by atoms with Crippen LogP contribution in [0.15, 0.2) is 110 Å². The predicted octanol–water partition coefficient (Wildman–Crippen LogP) is 4.18. The molecule has 4 aromatic rings. The van der Waals surface area contributed by atoms with Crippen molar-refractivity contribution in [3.63, 3.8) is 0 Å². The zero-order valence-corrected chi connectivity index (χ0v) is 16.2. The lowest BCUT2D eigenvalue weighted by atomic mass is 10.1. The van der Waals surface area contributed by atoms with E-state index in [2.05, 4.69) is 48.5 Å². The molecule has 0 aliphatic heterocycles. The molecule has 4 rings (SSSR count). The highest BCUT2D eigenvalue weighted by molar-refractivity contribution is 5.62. The molecule has 152 valence electrons. The Morgan fingerprint density at radius 2 is 0.800 bits per heavy atom. The van der Waals surface area contributed by atoms with E-state index in [1.165, 1.54) is 22.3 Å².